The largest absolute Gasteiger partial charge is 0.398 e. The molecule has 2 N–H and O–H groups in total. The number of nitrogens with two attached hydrogens (primary N) is 1. The van der Waals surface area contributed by atoms with Crippen LogP contribution in [-0.4, -0.2) is 0 Å². The van der Waals surface area contributed by atoms with Crippen LogP contribution in [0.25, 0.3) is 11.1 Å². The van der Waals surface area contributed by atoms with E-state index in [-0.39, 0.29) is 5.82 Å². The second-order valence-corrected chi connectivity index (χ2v) is 4.05. The fourth-order valence-corrected chi connectivity index (χ4v) is 1.71. The van der Waals surface area contributed by atoms with Gasteiger partial charge in [-0.05, 0) is 42.7 Å². The molecule has 82 valence electrons. The third-order valence-electron chi connectivity index (χ3n) is 2.69. The minimum atomic E-state index is -0.197. The average Bonchev–Trinajstić information content (AvgIpc) is 2.22. The van der Waals surface area contributed by atoms with Crippen molar-refractivity contribution in [3.8, 4) is 11.1 Å². The molecule has 16 heavy (non-hydrogen) atoms. The molecule has 0 fully saturated rings. The maximum absolute atomic E-state index is 13.4. The summed E-state index contributed by atoms with van der Waals surface area (Å²) in [5.74, 6) is -0.197. The van der Waals surface area contributed by atoms with Gasteiger partial charge in [-0.3, -0.25) is 0 Å². The smallest absolute Gasteiger partial charge is 0.126 e. The van der Waals surface area contributed by atoms with E-state index in [1.165, 1.54) is 6.07 Å². The number of halogens is 1. The van der Waals surface area contributed by atoms with Crippen molar-refractivity contribution < 1.29 is 4.39 Å². The quantitative estimate of drug-likeness (QED) is 0.721. The fraction of sp³-hybridized carbons (Fsp3) is 0.143. The molecule has 0 amide bonds. The van der Waals surface area contributed by atoms with E-state index in [1.54, 1.807) is 13.0 Å². The monoisotopic (exact) mass is 215 g/mol. The van der Waals surface area contributed by atoms with Crippen molar-refractivity contribution in [3.05, 3.63) is 53.3 Å². The molecule has 2 heteroatoms. The van der Waals surface area contributed by atoms with Crippen LogP contribution in [0.2, 0.25) is 0 Å². The Kier molecular flexibility index (Phi) is 2.65. The zero-order chi connectivity index (χ0) is 11.7. The van der Waals surface area contributed by atoms with Gasteiger partial charge in [0.2, 0.25) is 0 Å². The van der Waals surface area contributed by atoms with Gasteiger partial charge in [0.15, 0.2) is 0 Å². The Hall–Kier alpha value is -1.83. The second kappa shape index (κ2) is 3.97. The molecule has 2 rings (SSSR count). The zero-order valence-electron chi connectivity index (χ0n) is 9.42. The van der Waals surface area contributed by atoms with Crippen LogP contribution in [0.4, 0.5) is 10.1 Å². The number of nitrogen functional groups attached to an aromatic ring is 1. The molecular weight excluding hydrogens is 201 g/mol. The highest BCUT2D eigenvalue weighted by molar-refractivity contribution is 5.76. The van der Waals surface area contributed by atoms with E-state index < -0.39 is 0 Å². The van der Waals surface area contributed by atoms with Crippen molar-refractivity contribution in [3.63, 3.8) is 0 Å². The van der Waals surface area contributed by atoms with Crippen molar-refractivity contribution in [2.24, 2.45) is 0 Å². The Bertz CT molecular complexity index is 532. The summed E-state index contributed by atoms with van der Waals surface area (Å²) in [7, 11) is 0. The number of benzene rings is 2. The third kappa shape index (κ3) is 1.91. The summed E-state index contributed by atoms with van der Waals surface area (Å²) in [5, 5.41) is 0. The van der Waals surface area contributed by atoms with Crippen LogP contribution in [0.3, 0.4) is 0 Å². The second-order valence-electron chi connectivity index (χ2n) is 4.05. The van der Waals surface area contributed by atoms with Crippen LogP contribution < -0.4 is 5.73 Å². The van der Waals surface area contributed by atoms with E-state index in [9.17, 15) is 4.39 Å². The summed E-state index contributed by atoms with van der Waals surface area (Å²) in [6.45, 7) is 3.73. The molecule has 0 saturated carbocycles. The van der Waals surface area contributed by atoms with Crippen LogP contribution in [0.15, 0.2) is 36.4 Å². The molecule has 0 aliphatic rings. The lowest BCUT2D eigenvalue weighted by molar-refractivity contribution is 0.619. The number of hydrogen-bond donors (Lipinski definition) is 1. The van der Waals surface area contributed by atoms with Gasteiger partial charge in [-0.1, -0.05) is 24.3 Å². The lowest BCUT2D eigenvalue weighted by Crippen LogP contribution is -1.92. The van der Waals surface area contributed by atoms with Crippen LogP contribution in [-0.2, 0) is 0 Å². The summed E-state index contributed by atoms with van der Waals surface area (Å²) in [6, 6.07) is 11.0. The van der Waals surface area contributed by atoms with Gasteiger partial charge >= 0.3 is 0 Å². The molecule has 1 nitrogen and oxygen atoms in total. The molecule has 0 aliphatic heterocycles. The zero-order valence-corrected chi connectivity index (χ0v) is 9.42. The highest BCUT2D eigenvalue weighted by atomic mass is 19.1. The van der Waals surface area contributed by atoms with Crippen LogP contribution >= 0.6 is 0 Å². The van der Waals surface area contributed by atoms with Gasteiger partial charge in [-0.25, -0.2) is 4.39 Å². The van der Waals surface area contributed by atoms with Gasteiger partial charge in [-0.15, -0.1) is 0 Å². The minimum absolute atomic E-state index is 0.197. The van der Waals surface area contributed by atoms with Gasteiger partial charge in [-0.2, -0.15) is 0 Å². The lowest BCUT2D eigenvalue weighted by Gasteiger charge is -2.07. The highest BCUT2D eigenvalue weighted by Gasteiger charge is 2.05. The van der Waals surface area contributed by atoms with Crippen molar-refractivity contribution in [2.75, 3.05) is 5.73 Å². The number of anilines is 1. The first-order chi connectivity index (χ1) is 7.58. The summed E-state index contributed by atoms with van der Waals surface area (Å²) in [5.41, 5.74) is 10.1. The predicted molar refractivity (Wildman–Crippen MR) is 65.7 cm³/mol. The molecule has 0 atom stereocenters. The molecule has 0 spiro atoms. The van der Waals surface area contributed by atoms with Crippen LogP contribution in [0.1, 0.15) is 11.1 Å². The van der Waals surface area contributed by atoms with E-state index >= 15 is 0 Å². The average molecular weight is 215 g/mol. The number of rotatable bonds is 1. The maximum atomic E-state index is 13.4. The first kappa shape index (κ1) is 10.7. The molecule has 2 aromatic carbocycles. The Balaban J connectivity index is 2.54. The number of aryl methyl sites for hydroxylation is 2. The van der Waals surface area contributed by atoms with Crippen molar-refractivity contribution in [1.29, 1.82) is 0 Å². The topological polar surface area (TPSA) is 26.0 Å². The summed E-state index contributed by atoms with van der Waals surface area (Å²) in [6.07, 6.45) is 0. The summed E-state index contributed by atoms with van der Waals surface area (Å²) in [4.78, 5) is 0. The van der Waals surface area contributed by atoms with Crippen LogP contribution in [0, 0.1) is 19.7 Å². The van der Waals surface area contributed by atoms with E-state index in [1.807, 2.05) is 31.2 Å². The first-order valence-electron chi connectivity index (χ1n) is 5.20. The standard InChI is InChI=1S/C14H14FN/c1-9-3-6-12(14(16)7-9)11-5-4-10(2)13(15)8-11/h3-8H,16H2,1-2H3. The normalized spacial score (nSPS) is 10.4. The Morgan fingerprint density at radius 1 is 1.00 bits per heavy atom. The molecule has 0 saturated heterocycles. The Morgan fingerprint density at radius 3 is 2.38 bits per heavy atom. The molecule has 0 heterocycles. The molecule has 0 unspecified atom stereocenters. The molecule has 0 bridgehead atoms. The molecular formula is C14H14FN. The third-order valence-corrected chi connectivity index (χ3v) is 2.69. The molecule has 0 aromatic heterocycles. The minimum Gasteiger partial charge on any atom is -0.398 e. The number of hydrogen-bond acceptors (Lipinski definition) is 1. The summed E-state index contributed by atoms with van der Waals surface area (Å²) < 4.78 is 13.4. The maximum Gasteiger partial charge on any atom is 0.126 e. The van der Waals surface area contributed by atoms with Gasteiger partial charge < -0.3 is 5.73 Å². The highest BCUT2D eigenvalue weighted by Crippen LogP contribution is 2.27. The van der Waals surface area contributed by atoms with E-state index in [0.717, 1.165) is 16.7 Å². The summed E-state index contributed by atoms with van der Waals surface area (Å²) >= 11 is 0. The van der Waals surface area contributed by atoms with Gasteiger partial charge in [0.1, 0.15) is 5.82 Å². The van der Waals surface area contributed by atoms with E-state index in [2.05, 4.69) is 0 Å². The van der Waals surface area contributed by atoms with Crippen LogP contribution in [0.5, 0.6) is 0 Å². The van der Waals surface area contributed by atoms with E-state index in [0.29, 0.717) is 11.3 Å². The first-order valence-corrected chi connectivity index (χ1v) is 5.20. The molecule has 0 aliphatic carbocycles. The lowest BCUT2D eigenvalue weighted by atomic mass is 10.0. The van der Waals surface area contributed by atoms with Crippen molar-refractivity contribution >= 4 is 5.69 Å². The Labute approximate surface area is 94.7 Å². The SMILES string of the molecule is Cc1ccc(-c2ccc(C)c(F)c2)c(N)c1. The van der Waals surface area contributed by atoms with E-state index in [4.69, 9.17) is 5.73 Å². The van der Waals surface area contributed by atoms with Crippen molar-refractivity contribution in [1.82, 2.24) is 0 Å². The van der Waals surface area contributed by atoms with Gasteiger partial charge in [0, 0.05) is 11.3 Å². The van der Waals surface area contributed by atoms with Gasteiger partial charge in [0.25, 0.3) is 0 Å². The molecule has 2 aromatic rings. The predicted octanol–water partition coefficient (Wildman–Crippen LogP) is 3.69. The van der Waals surface area contributed by atoms with Crippen molar-refractivity contribution in [2.45, 2.75) is 13.8 Å². The molecule has 0 radical (unpaired) electrons. The fourth-order valence-electron chi connectivity index (χ4n) is 1.71. The Morgan fingerprint density at radius 2 is 1.75 bits per heavy atom. The van der Waals surface area contributed by atoms with Gasteiger partial charge in [0.05, 0.1) is 0 Å².